The molecule has 0 aliphatic carbocycles. The van der Waals surface area contributed by atoms with Crippen molar-refractivity contribution in [3.63, 3.8) is 0 Å². The van der Waals surface area contributed by atoms with Crippen LogP contribution in [0.5, 0.6) is 0 Å². The molecule has 0 spiro atoms. The first kappa shape index (κ1) is 13.8. The molecular weight excluding hydrogens is 376 g/mol. The summed E-state index contributed by atoms with van der Waals surface area (Å²) in [7, 11) is 0. The van der Waals surface area contributed by atoms with Gasteiger partial charge in [0, 0.05) is 15.2 Å². The van der Waals surface area contributed by atoms with Crippen LogP contribution >= 0.6 is 22.6 Å². The maximum atomic E-state index is 12.7. The summed E-state index contributed by atoms with van der Waals surface area (Å²) in [4.78, 5) is 11.8. The van der Waals surface area contributed by atoms with E-state index in [4.69, 9.17) is 0 Å². The van der Waals surface area contributed by atoms with Gasteiger partial charge in [-0.25, -0.2) is 4.98 Å². The van der Waals surface area contributed by atoms with Crippen LogP contribution in [-0.2, 0) is 6.18 Å². The molecular formula is C11H6F3IN2O2. The Hall–Kier alpha value is -1.58. The minimum absolute atomic E-state index is 0.0652. The highest BCUT2D eigenvalue weighted by molar-refractivity contribution is 14.1. The maximum Gasteiger partial charge on any atom is 0.424 e. The monoisotopic (exact) mass is 382 g/mol. The van der Waals surface area contributed by atoms with Crippen LogP contribution in [0, 0.1) is 13.7 Å². The Bertz CT molecular complexity index is 620. The largest absolute Gasteiger partial charge is 0.424 e. The quantitative estimate of drug-likeness (QED) is 0.481. The van der Waals surface area contributed by atoms with Crippen LogP contribution in [0.3, 0.4) is 0 Å². The lowest BCUT2D eigenvalue weighted by Gasteiger charge is -2.02. The van der Waals surface area contributed by atoms with Crippen molar-refractivity contribution >= 4 is 28.4 Å². The number of benzene rings is 1. The smallest absolute Gasteiger partial charge is 0.358 e. The third-order valence-corrected chi connectivity index (χ3v) is 3.16. The molecule has 0 bridgehead atoms. The van der Waals surface area contributed by atoms with E-state index in [9.17, 15) is 23.3 Å². The Morgan fingerprint density at radius 3 is 2.21 bits per heavy atom. The molecule has 100 valence electrons. The van der Waals surface area contributed by atoms with E-state index in [0.29, 0.717) is 5.56 Å². The summed E-state index contributed by atoms with van der Waals surface area (Å²) in [6, 6.07) is 7.35. The van der Waals surface area contributed by atoms with Crippen molar-refractivity contribution in [1.82, 2.24) is 4.98 Å². The Morgan fingerprint density at radius 1 is 1.21 bits per heavy atom. The number of alkyl halides is 3. The summed E-state index contributed by atoms with van der Waals surface area (Å²) in [5.41, 5.74) is -0.750. The Morgan fingerprint density at radius 2 is 1.79 bits per heavy atom. The van der Waals surface area contributed by atoms with Crippen LogP contribution in [0.4, 0.5) is 19.0 Å². The van der Waals surface area contributed by atoms with E-state index in [2.05, 4.69) is 27.6 Å². The SMILES string of the molecule is O=[N+]([O-])c1[nH]c(-c2ccc(I)cc2)cc1C(F)(F)F. The predicted octanol–water partition coefficient (Wildman–Crippen LogP) is 4.21. The molecule has 0 fully saturated rings. The number of hydrogen-bond donors (Lipinski definition) is 1. The Labute approximate surface area is 118 Å². The van der Waals surface area contributed by atoms with Crippen LogP contribution in [0.15, 0.2) is 30.3 Å². The Balaban J connectivity index is 2.55. The molecule has 1 aromatic carbocycles. The van der Waals surface area contributed by atoms with E-state index in [-0.39, 0.29) is 5.69 Å². The highest BCUT2D eigenvalue weighted by Gasteiger charge is 2.40. The van der Waals surface area contributed by atoms with Gasteiger partial charge in [-0.1, -0.05) is 0 Å². The number of halogens is 4. The zero-order chi connectivity index (χ0) is 14.2. The fraction of sp³-hybridized carbons (Fsp3) is 0.0909. The molecule has 0 saturated carbocycles. The number of H-pyrrole nitrogens is 1. The summed E-state index contributed by atoms with van der Waals surface area (Å²) in [5.74, 6) is -1.04. The van der Waals surface area contributed by atoms with E-state index in [0.717, 1.165) is 9.64 Å². The summed E-state index contributed by atoms with van der Waals surface area (Å²) < 4.78 is 38.9. The van der Waals surface area contributed by atoms with E-state index >= 15 is 0 Å². The van der Waals surface area contributed by atoms with E-state index in [1.54, 1.807) is 24.3 Å². The van der Waals surface area contributed by atoms with Crippen LogP contribution in [0.25, 0.3) is 11.3 Å². The molecule has 0 aliphatic heterocycles. The van der Waals surface area contributed by atoms with Gasteiger partial charge in [0.05, 0.1) is 0 Å². The van der Waals surface area contributed by atoms with Crippen LogP contribution in [-0.4, -0.2) is 9.91 Å². The van der Waals surface area contributed by atoms with Gasteiger partial charge >= 0.3 is 12.0 Å². The second-order valence-corrected chi connectivity index (χ2v) is 4.95. The number of aromatic amines is 1. The molecule has 2 aromatic rings. The third-order valence-electron chi connectivity index (χ3n) is 2.44. The first-order valence-corrected chi connectivity index (χ1v) is 6.07. The highest BCUT2D eigenvalue weighted by Crippen LogP contribution is 2.38. The van der Waals surface area contributed by atoms with Crippen molar-refractivity contribution in [1.29, 1.82) is 0 Å². The molecule has 0 saturated heterocycles. The molecule has 1 N–H and O–H groups in total. The molecule has 0 radical (unpaired) electrons. The molecule has 0 unspecified atom stereocenters. The second-order valence-electron chi connectivity index (χ2n) is 3.71. The van der Waals surface area contributed by atoms with Crippen LogP contribution in [0.2, 0.25) is 0 Å². The number of nitrogens with zero attached hydrogens (tertiary/aromatic N) is 1. The average molecular weight is 382 g/mol. The average Bonchev–Trinajstić information content (AvgIpc) is 2.74. The summed E-state index contributed by atoms with van der Waals surface area (Å²) in [5, 5.41) is 10.6. The van der Waals surface area contributed by atoms with Gasteiger partial charge in [-0.2, -0.15) is 13.2 Å². The lowest BCUT2D eigenvalue weighted by molar-refractivity contribution is -0.392. The number of aromatic nitrogens is 1. The molecule has 8 heteroatoms. The van der Waals surface area contributed by atoms with Crippen molar-refractivity contribution in [2.45, 2.75) is 6.18 Å². The van der Waals surface area contributed by atoms with Crippen LogP contribution < -0.4 is 0 Å². The van der Waals surface area contributed by atoms with Crippen molar-refractivity contribution in [2.24, 2.45) is 0 Å². The third kappa shape index (κ3) is 2.88. The molecule has 0 aliphatic rings. The van der Waals surface area contributed by atoms with Gasteiger partial charge in [-0.15, -0.1) is 0 Å². The van der Waals surface area contributed by atoms with Gasteiger partial charge in [0.1, 0.15) is 5.69 Å². The van der Waals surface area contributed by atoms with E-state index in [1.165, 1.54) is 0 Å². The molecule has 1 heterocycles. The summed E-state index contributed by atoms with van der Waals surface area (Å²) in [6.07, 6.45) is -4.76. The summed E-state index contributed by atoms with van der Waals surface area (Å²) in [6.45, 7) is 0. The van der Waals surface area contributed by atoms with Gasteiger partial charge in [0.2, 0.25) is 0 Å². The Kier molecular flexibility index (Phi) is 3.52. The zero-order valence-electron chi connectivity index (χ0n) is 9.16. The lowest BCUT2D eigenvalue weighted by Crippen LogP contribution is -2.06. The van der Waals surface area contributed by atoms with Crippen molar-refractivity contribution in [3.8, 4) is 11.3 Å². The first-order chi connectivity index (χ1) is 8.79. The predicted molar refractivity (Wildman–Crippen MR) is 70.6 cm³/mol. The van der Waals surface area contributed by atoms with Crippen molar-refractivity contribution in [2.75, 3.05) is 0 Å². The number of nitrogens with one attached hydrogen (secondary N) is 1. The van der Waals surface area contributed by atoms with Gasteiger partial charge in [-0.05, 0) is 51.8 Å². The normalized spacial score (nSPS) is 11.6. The minimum atomic E-state index is -4.76. The fourth-order valence-corrected chi connectivity index (χ4v) is 1.95. The van der Waals surface area contributed by atoms with Crippen molar-refractivity contribution in [3.05, 3.63) is 49.6 Å². The van der Waals surface area contributed by atoms with E-state index in [1.807, 2.05) is 0 Å². The lowest BCUT2D eigenvalue weighted by atomic mass is 10.1. The highest BCUT2D eigenvalue weighted by atomic mass is 127. The van der Waals surface area contributed by atoms with Crippen LogP contribution in [0.1, 0.15) is 5.56 Å². The molecule has 2 rings (SSSR count). The van der Waals surface area contributed by atoms with Gasteiger partial charge in [-0.3, -0.25) is 0 Å². The topological polar surface area (TPSA) is 58.9 Å². The number of nitro groups is 1. The van der Waals surface area contributed by atoms with E-state index < -0.39 is 22.5 Å². The van der Waals surface area contributed by atoms with Gasteiger partial charge in [0.25, 0.3) is 0 Å². The zero-order valence-corrected chi connectivity index (χ0v) is 11.3. The molecule has 4 nitrogen and oxygen atoms in total. The van der Waals surface area contributed by atoms with Crippen molar-refractivity contribution < 1.29 is 18.1 Å². The molecule has 1 aromatic heterocycles. The molecule has 19 heavy (non-hydrogen) atoms. The standard InChI is InChI=1S/C11H6F3IN2O2/c12-11(13,14)8-5-9(16-10(8)17(18)19)6-1-3-7(15)4-2-6/h1-5,16H. The maximum absolute atomic E-state index is 12.7. The second kappa shape index (κ2) is 4.83. The summed E-state index contributed by atoms with van der Waals surface area (Å²) >= 11 is 2.05. The minimum Gasteiger partial charge on any atom is -0.358 e. The fourth-order valence-electron chi connectivity index (χ4n) is 1.59. The number of rotatable bonds is 2. The molecule has 0 atom stereocenters. The van der Waals surface area contributed by atoms with Gasteiger partial charge in [0.15, 0.2) is 5.56 Å². The van der Waals surface area contributed by atoms with Gasteiger partial charge < -0.3 is 10.1 Å². The first-order valence-electron chi connectivity index (χ1n) is 4.99. The molecule has 0 amide bonds. The number of hydrogen-bond acceptors (Lipinski definition) is 2.